The number of hydrogen-bond donors (Lipinski definition) is 2. The first-order valence-electron chi connectivity index (χ1n) is 7.46. The van der Waals surface area contributed by atoms with Gasteiger partial charge in [-0.3, -0.25) is 0 Å². The molecular formula is C15H26ClN3O2S. The molecule has 0 saturated carbocycles. The maximum Gasteiger partial charge on any atom is 0.407 e. The number of nitrogens with one attached hydrogen (secondary N) is 2. The molecule has 22 heavy (non-hydrogen) atoms. The lowest BCUT2D eigenvalue weighted by Gasteiger charge is -2.23. The molecule has 1 unspecified atom stereocenters. The molecular weight excluding hydrogens is 322 g/mol. The van der Waals surface area contributed by atoms with E-state index in [2.05, 4.69) is 29.5 Å². The van der Waals surface area contributed by atoms with Crippen LogP contribution in [0.4, 0.5) is 4.79 Å². The molecule has 1 aromatic rings. The summed E-state index contributed by atoms with van der Waals surface area (Å²) < 4.78 is 5.94. The number of amides is 1. The van der Waals surface area contributed by atoms with Gasteiger partial charge in [0.1, 0.15) is 14.9 Å². The molecule has 0 aromatic carbocycles. The van der Waals surface area contributed by atoms with Gasteiger partial charge in [-0.1, -0.05) is 25.4 Å². The first kappa shape index (κ1) is 19.2. The van der Waals surface area contributed by atoms with Gasteiger partial charge >= 0.3 is 6.09 Å². The van der Waals surface area contributed by atoms with Crippen LogP contribution in [0.5, 0.6) is 0 Å². The van der Waals surface area contributed by atoms with Crippen molar-refractivity contribution in [1.82, 2.24) is 15.6 Å². The van der Waals surface area contributed by atoms with Gasteiger partial charge in [0, 0.05) is 19.1 Å². The van der Waals surface area contributed by atoms with Crippen LogP contribution in [0.1, 0.15) is 46.0 Å². The second-order valence-corrected chi connectivity index (χ2v) is 8.39. The van der Waals surface area contributed by atoms with E-state index in [0.29, 0.717) is 23.3 Å². The number of hydrogen-bond acceptors (Lipinski definition) is 5. The molecule has 0 bridgehead atoms. The Balaban J connectivity index is 2.44. The van der Waals surface area contributed by atoms with Crippen LogP contribution in [0, 0.1) is 5.92 Å². The Bertz CT molecular complexity index is 472. The van der Waals surface area contributed by atoms with Crippen LogP contribution < -0.4 is 10.6 Å². The van der Waals surface area contributed by atoms with Crippen LogP contribution in [0.25, 0.3) is 0 Å². The number of rotatable bonds is 7. The summed E-state index contributed by atoms with van der Waals surface area (Å²) in [5.74, 6) is 0.526. The van der Waals surface area contributed by atoms with Crippen molar-refractivity contribution in [3.05, 3.63) is 15.5 Å². The molecule has 0 aliphatic heterocycles. The van der Waals surface area contributed by atoms with Crippen molar-refractivity contribution in [2.75, 3.05) is 6.54 Å². The lowest BCUT2D eigenvalue weighted by molar-refractivity contribution is 0.0521. The smallest absolute Gasteiger partial charge is 0.407 e. The molecule has 126 valence electrons. The maximum atomic E-state index is 11.7. The number of halogens is 1. The third-order valence-corrected chi connectivity index (χ3v) is 3.83. The number of nitrogens with zero attached hydrogens (tertiary/aromatic N) is 1. The Morgan fingerprint density at radius 3 is 2.64 bits per heavy atom. The van der Waals surface area contributed by atoms with Gasteiger partial charge in [-0.05, 0) is 33.1 Å². The molecule has 1 amide bonds. The highest BCUT2D eigenvalue weighted by atomic mass is 35.5. The minimum atomic E-state index is -0.483. The number of thiazole rings is 1. The van der Waals surface area contributed by atoms with E-state index in [1.807, 2.05) is 20.8 Å². The first-order valence-corrected chi connectivity index (χ1v) is 8.65. The SMILES string of the molecule is CC(C)CC(CNC(=O)OC(C)(C)C)NCc1ncc(Cl)s1. The van der Waals surface area contributed by atoms with Crippen molar-refractivity contribution in [2.45, 2.75) is 59.2 Å². The molecule has 1 rings (SSSR count). The fraction of sp³-hybridized carbons (Fsp3) is 0.733. The lowest BCUT2D eigenvalue weighted by atomic mass is 10.0. The Morgan fingerprint density at radius 2 is 2.14 bits per heavy atom. The second-order valence-electron chi connectivity index (χ2n) is 6.65. The summed E-state index contributed by atoms with van der Waals surface area (Å²) in [6.07, 6.45) is 2.22. The Kier molecular flexibility index (Phi) is 7.59. The second kappa shape index (κ2) is 8.70. The molecule has 1 heterocycles. The number of carbonyl (C=O) groups excluding carboxylic acids is 1. The average Bonchev–Trinajstić information content (AvgIpc) is 2.76. The largest absolute Gasteiger partial charge is 0.444 e. The number of aromatic nitrogens is 1. The van der Waals surface area contributed by atoms with Crippen molar-refractivity contribution in [2.24, 2.45) is 5.92 Å². The quantitative estimate of drug-likeness (QED) is 0.786. The minimum Gasteiger partial charge on any atom is -0.444 e. The summed E-state index contributed by atoms with van der Waals surface area (Å²) in [6, 6.07) is 0.162. The Morgan fingerprint density at radius 1 is 1.45 bits per heavy atom. The summed E-state index contributed by atoms with van der Waals surface area (Å²) >= 11 is 7.34. The van der Waals surface area contributed by atoms with E-state index in [1.165, 1.54) is 11.3 Å². The predicted octanol–water partition coefficient (Wildman–Crippen LogP) is 3.83. The lowest BCUT2D eigenvalue weighted by Crippen LogP contribution is -2.43. The third kappa shape index (κ3) is 8.56. The Labute approximate surface area is 141 Å². The van der Waals surface area contributed by atoms with E-state index >= 15 is 0 Å². The molecule has 2 N–H and O–H groups in total. The molecule has 0 spiro atoms. The van der Waals surface area contributed by atoms with Crippen LogP contribution >= 0.6 is 22.9 Å². The van der Waals surface area contributed by atoms with Crippen molar-refractivity contribution in [3.8, 4) is 0 Å². The average molecular weight is 348 g/mol. The highest BCUT2D eigenvalue weighted by Gasteiger charge is 2.18. The number of ether oxygens (including phenoxy) is 1. The highest BCUT2D eigenvalue weighted by Crippen LogP contribution is 2.18. The monoisotopic (exact) mass is 347 g/mol. The zero-order chi connectivity index (χ0) is 16.8. The molecule has 1 aromatic heterocycles. The molecule has 0 aliphatic carbocycles. The summed E-state index contributed by atoms with van der Waals surface area (Å²) in [4.78, 5) is 16.0. The van der Waals surface area contributed by atoms with Crippen LogP contribution in [0.2, 0.25) is 4.34 Å². The van der Waals surface area contributed by atoms with E-state index in [4.69, 9.17) is 16.3 Å². The molecule has 0 fully saturated rings. The van der Waals surface area contributed by atoms with Gasteiger partial charge in [0.25, 0.3) is 0 Å². The van der Waals surface area contributed by atoms with Crippen molar-refractivity contribution in [3.63, 3.8) is 0 Å². The minimum absolute atomic E-state index is 0.162. The number of carbonyl (C=O) groups is 1. The number of alkyl carbamates (subject to hydrolysis) is 1. The molecule has 0 aliphatic rings. The van der Waals surface area contributed by atoms with Crippen LogP contribution in [0.3, 0.4) is 0 Å². The van der Waals surface area contributed by atoms with E-state index in [1.54, 1.807) is 6.20 Å². The molecule has 1 atom stereocenters. The van der Waals surface area contributed by atoms with Gasteiger partial charge in [0.05, 0.1) is 6.20 Å². The van der Waals surface area contributed by atoms with E-state index < -0.39 is 5.60 Å². The van der Waals surface area contributed by atoms with Crippen LogP contribution in [0.15, 0.2) is 6.20 Å². The summed E-state index contributed by atoms with van der Waals surface area (Å²) in [6.45, 7) is 11.0. The maximum absolute atomic E-state index is 11.7. The fourth-order valence-electron chi connectivity index (χ4n) is 1.93. The van der Waals surface area contributed by atoms with E-state index in [-0.39, 0.29) is 12.1 Å². The predicted molar refractivity (Wildman–Crippen MR) is 91.4 cm³/mol. The summed E-state index contributed by atoms with van der Waals surface area (Å²) in [5, 5.41) is 7.18. The summed E-state index contributed by atoms with van der Waals surface area (Å²) in [7, 11) is 0. The zero-order valence-electron chi connectivity index (χ0n) is 13.9. The molecule has 7 heteroatoms. The van der Waals surface area contributed by atoms with Gasteiger partial charge in [0.2, 0.25) is 0 Å². The van der Waals surface area contributed by atoms with Gasteiger partial charge < -0.3 is 15.4 Å². The van der Waals surface area contributed by atoms with E-state index in [0.717, 1.165) is 11.4 Å². The molecule has 5 nitrogen and oxygen atoms in total. The third-order valence-electron chi connectivity index (χ3n) is 2.71. The normalized spacial score (nSPS) is 13.2. The Hall–Kier alpha value is -0.850. The highest BCUT2D eigenvalue weighted by molar-refractivity contribution is 7.15. The van der Waals surface area contributed by atoms with Crippen molar-refractivity contribution in [1.29, 1.82) is 0 Å². The van der Waals surface area contributed by atoms with Gasteiger partial charge in [-0.25, -0.2) is 9.78 Å². The van der Waals surface area contributed by atoms with Crippen LogP contribution in [-0.2, 0) is 11.3 Å². The van der Waals surface area contributed by atoms with Gasteiger partial charge in [0.15, 0.2) is 0 Å². The molecule has 0 radical (unpaired) electrons. The topological polar surface area (TPSA) is 63.2 Å². The van der Waals surface area contributed by atoms with E-state index in [9.17, 15) is 4.79 Å². The zero-order valence-corrected chi connectivity index (χ0v) is 15.5. The van der Waals surface area contributed by atoms with Crippen LogP contribution in [-0.4, -0.2) is 29.3 Å². The summed E-state index contributed by atoms with van der Waals surface area (Å²) in [5.41, 5.74) is -0.483. The van der Waals surface area contributed by atoms with Gasteiger partial charge in [-0.2, -0.15) is 0 Å². The molecule has 0 saturated heterocycles. The van der Waals surface area contributed by atoms with Crippen molar-refractivity contribution < 1.29 is 9.53 Å². The fourth-order valence-corrected chi connectivity index (χ4v) is 2.84. The first-order chi connectivity index (χ1) is 10.2. The van der Waals surface area contributed by atoms with Crippen molar-refractivity contribution >= 4 is 29.0 Å². The standard InChI is InChI=1S/C15H26ClN3O2S/c1-10(2)6-11(7-19-14(20)21-15(3,4)5)17-9-13-18-8-12(16)22-13/h8,10-11,17H,6-7,9H2,1-5H3,(H,19,20). The van der Waals surface area contributed by atoms with Gasteiger partial charge in [-0.15, -0.1) is 11.3 Å².